The number of aryl methyl sites for hydroxylation is 1. The minimum absolute atomic E-state index is 0.242. The van der Waals surface area contributed by atoms with Crippen molar-refractivity contribution in [3.05, 3.63) is 47.1 Å². The molecule has 2 rings (SSSR count). The predicted molar refractivity (Wildman–Crippen MR) is 81.1 cm³/mol. The van der Waals surface area contributed by atoms with Crippen LogP contribution in [-0.2, 0) is 21.7 Å². The molecule has 0 aliphatic carbocycles. The van der Waals surface area contributed by atoms with Crippen molar-refractivity contribution in [3.8, 4) is 0 Å². The van der Waals surface area contributed by atoms with Crippen molar-refractivity contribution in [2.75, 3.05) is 7.11 Å². The van der Waals surface area contributed by atoms with Crippen LogP contribution in [0.5, 0.6) is 0 Å². The van der Waals surface area contributed by atoms with Crippen LogP contribution in [0.25, 0.3) is 0 Å². The van der Waals surface area contributed by atoms with Crippen LogP contribution < -0.4 is 0 Å². The van der Waals surface area contributed by atoms with E-state index in [0.717, 1.165) is 0 Å². The van der Waals surface area contributed by atoms with Gasteiger partial charge in [-0.05, 0) is 25.0 Å². The van der Waals surface area contributed by atoms with Gasteiger partial charge >= 0.3 is 5.97 Å². The molecule has 0 spiro atoms. The maximum absolute atomic E-state index is 11.3. The Labute approximate surface area is 128 Å². The molecule has 0 bridgehead atoms. The number of methoxy groups -OCH3 is 1. The van der Waals surface area contributed by atoms with Crippen molar-refractivity contribution < 1.29 is 14.1 Å². The van der Waals surface area contributed by atoms with Crippen LogP contribution in [0.2, 0.25) is 0 Å². The number of aromatic nitrogens is 2. The molecule has 2 aromatic rings. The highest BCUT2D eigenvalue weighted by atomic mass is 32.2. The van der Waals surface area contributed by atoms with Crippen molar-refractivity contribution >= 4 is 17.7 Å². The average molecular weight is 306 g/mol. The molecule has 0 aliphatic rings. The average Bonchev–Trinajstić information content (AvgIpc) is 2.94. The molecule has 5 nitrogen and oxygen atoms in total. The normalized spacial score (nSPS) is 12.1. The Morgan fingerprint density at radius 2 is 2.19 bits per heavy atom. The first-order valence-electron chi connectivity index (χ1n) is 6.65. The molecule has 0 N–H and O–H groups in total. The molecule has 1 unspecified atom stereocenters. The third kappa shape index (κ3) is 4.32. The number of nitrogens with zero attached hydrogens (tertiary/aromatic N) is 2. The number of carbonyl (C=O) groups excluding carboxylic acids is 1. The molecule has 6 heteroatoms. The fourth-order valence-electron chi connectivity index (χ4n) is 1.83. The monoisotopic (exact) mass is 306 g/mol. The maximum atomic E-state index is 11.3. The van der Waals surface area contributed by atoms with Crippen LogP contribution in [0.3, 0.4) is 0 Å². The fraction of sp³-hybridized carbons (Fsp3) is 0.400. The molecule has 21 heavy (non-hydrogen) atoms. The van der Waals surface area contributed by atoms with Gasteiger partial charge in [0, 0.05) is 0 Å². The van der Waals surface area contributed by atoms with E-state index >= 15 is 0 Å². The second-order valence-electron chi connectivity index (χ2n) is 4.68. The predicted octanol–water partition coefficient (Wildman–Crippen LogP) is 2.76. The highest BCUT2D eigenvalue weighted by Gasteiger charge is 2.15. The Kier molecular flexibility index (Phi) is 5.38. The smallest absolute Gasteiger partial charge is 0.318 e. The van der Waals surface area contributed by atoms with Crippen LogP contribution >= 0.6 is 11.8 Å². The van der Waals surface area contributed by atoms with Gasteiger partial charge in [0.2, 0.25) is 5.89 Å². The topological polar surface area (TPSA) is 65.2 Å². The van der Waals surface area contributed by atoms with E-state index in [1.54, 1.807) is 6.92 Å². The molecule has 0 saturated carbocycles. The summed E-state index contributed by atoms with van der Waals surface area (Å²) in [6.07, 6.45) is 0.622. The highest BCUT2D eigenvalue weighted by Crippen LogP contribution is 2.18. The summed E-state index contributed by atoms with van der Waals surface area (Å²) in [5.74, 6) is 1.46. The van der Waals surface area contributed by atoms with E-state index in [2.05, 4.69) is 27.9 Å². The Morgan fingerprint density at radius 1 is 1.43 bits per heavy atom. The van der Waals surface area contributed by atoms with E-state index in [1.807, 2.05) is 18.2 Å². The Bertz CT molecular complexity index is 612. The van der Waals surface area contributed by atoms with Crippen LogP contribution in [0, 0.1) is 6.92 Å². The first kappa shape index (κ1) is 15.6. The van der Waals surface area contributed by atoms with E-state index in [-0.39, 0.29) is 11.2 Å². The van der Waals surface area contributed by atoms with Crippen LogP contribution in [0.4, 0.5) is 0 Å². The summed E-state index contributed by atoms with van der Waals surface area (Å²) in [6.45, 7) is 3.85. The number of thioether (sulfide) groups is 1. The lowest BCUT2D eigenvalue weighted by molar-refractivity contribution is -0.139. The van der Waals surface area contributed by atoms with E-state index in [4.69, 9.17) is 4.52 Å². The van der Waals surface area contributed by atoms with Gasteiger partial charge in [-0.3, -0.25) is 4.79 Å². The fourth-order valence-corrected chi connectivity index (χ4v) is 2.57. The van der Waals surface area contributed by atoms with Crippen molar-refractivity contribution in [3.63, 3.8) is 0 Å². The van der Waals surface area contributed by atoms with Gasteiger partial charge in [-0.2, -0.15) is 4.98 Å². The van der Waals surface area contributed by atoms with E-state index < -0.39 is 0 Å². The third-order valence-electron chi connectivity index (χ3n) is 3.11. The van der Waals surface area contributed by atoms with Gasteiger partial charge in [0.1, 0.15) is 5.25 Å². The van der Waals surface area contributed by atoms with Crippen molar-refractivity contribution in [2.24, 2.45) is 0 Å². The molecule has 0 saturated heterocycles. The van der Waals surface area contributed by atoms with Crippen LogP contribution in [0.15, 0.2) is 28.8 Å². The number of ether oxygens (including phenoxy) is 1. The number of hydrogen-bond acceptors (Lipinski definition) is 6. The van der Waals surface area contributed by atoms with Gasteiger partial charge in [0.15, 0.2) is 5.82 Å². The Balaban J connectivity index is 1.93. The van der Waals surface area contributed by atoms with Crippen LogP contribution in [-0.4, -0.2) is 28.5 Å². The molecular formula is C15H18N2O3S. The lowest BCUT2D eigenvalue weighted by atomic mass is 10.1. The van der Waals surface area contributed by atoms with Gasteiger partial charge in [-0.15, -0.1) is 11.8 Å². The lowest BCUT2D eigenvalue weighted by Gasteiger charge is -2.06. The summed E-state index contributed by atoms with van der Waals surface area (Å²) in [5, 5.41) is 3.70. The Hall–Kier alpha value is -1.82. The molecule has 1 atom stereocenters. The second kappa shape index (κ2) is 7.26. The standard InChI is InChI=1S/C15H18N2O3S/c1-10-6-4-5-7-12(10)8-14-16-13(17-20-14)9-21-11(2)15(18)19-3/h4-7,11H,8-9H2,1-3H3. The molecule has 0 radical (unpaired) electrons. The maximum Gasteiger partial charge on any atom is 0.318 e. The minimum Gasteiger partial charge on any atom is -0.468 e. The lowest BCUT2D eigenvalue weighted by Crippen LogP contribution is -2.15. The summed E-state index contributed by atoms with van der Waals surface area (Å²) in [6, 6.07) is 8.10. The molecule has 1 aromatic carbocycles. The molecule has 0 aliphatic heterocycles. The summed E-state index contributed by atoms with van der Waals surface area (Å²) in [7, 11) is 1.38. The number of carbonyl (C=O) groups is 1. The van der Waals surface area contributed by atoms with Crippen molar-refractivity contribution in [2.45, 2.75) is 31.3 Å². The van der Waals surface area contributed by atoms with Crippen molar-refractivity contribution in [1.82, 2.24) is 10.1 Å². The number of benzene rings is 1. The van der Waals surface area contributed by atoms with E-state index in [9.17, 15) is 4.79 Å². The van der Waals surface area contributed by atoms with Crippen molar-refractivity contribution in [1.29, 1.82) is 0 Å². The quantitative estimate of drug-likeness (QED) is 0.765. The zero-order valence-corrected chi connectivity index (χ0v) is 13.1. The minimum atomic E-state index is -0.247. The first-order valence-corrected chi connectivity index (χ1v) is 7.70. The number of rotatable bonds is 6. The van der Waals surface area contributed by atoms with Crippen LogP contribution in [0.1, 0.15) is 29.8 Å². The van der Waals surface area contributed by atoms with E-state index in [0.29, 0.717) is 23.9 Å². The van der Waals surface area contributed by atoms with Gasteiger partial charge in [-0.25, -0.2) is 0 Å². The zero-order valence-electron chi connectivity index (χ0n) is 12.3. The summed E-state index contributed by atoms with van der Waals surface area (Å²) < 4.78 is 9.93. The second-order valence-corrected chi connectivity index (χ2v) is 6.01. The third-order valence-corrected chi connectivity index (χ3v) is 4.23. The first-order chi connectivity index (χ1) is 10.1. The molecule has 112 valence electrons. The van der Waals surface area contributed by atoms with Gasteiger partial charge in [0.25, 0.3) is 0 Å². The molecule has 1 aromatic heterocycles. The molecular weight excluding hydrogens is 288 g/mol. The molecule has 1 heterocycles. The SMILES string of the molecule is COC(=O)C(C)SCc1noc(Cc2ccccc2C)n1. The van der Waals surface area contributed by atoms with E-state index in [1.165, 1.54) is 30.0 Å². The summed E-state index contributed by atoms with van der Waals surface area (Å²) >= 11 is 1.43. The van der Waals surface area contributed by atoms with Gasteiger partial charge in [0.05, 0.1) is 19.3 Å². The summed E-state index contributed by atoms with van der Waals surface area (Å²) in [5.41, 5.74) is 2.37. The summed E-state index contributed by atoms with van der Waals surface area (Å²) in [4.78, 5) is 15.7. The highest BCUT2D eigenvalue weighted by molar-refractivity contribution is 7.99. The molecule has 0 amide bonds. The molecule has 0 fully saturated rings. The van der Waals surface area contributed by atoms with Gasteiger partial charge < -0.3 is 9.26 Å². The van der Waals surface area contributed by atoms with Gasteiger partial charge in [-0.1, -0.05) is 29.4 Å². The Morgan fingerprint density at radius 3 is 2.90 bits per heavy atom. The number of esters is 1. The largest absolute Gasteiger partial charge is 0.468 e. The zero-order chi connectivity index (χ0) is 15.2. The number of hydrogen-bond donors (Lipinski definition) is 0.